The maximum atomic E-state index is 15.1. The molecule has 0 bridgehead atoms. The number of nitrogens with zero attached hydrogens (tertiary/aromatic N) is 2. The molecule has 2 saturated carbocycles. The lowest BCUT2D eigenvalue weighted by atomic mass is 9.95. The van der Waals surface area contributed by atoms with Crippen LogP contribution in [0.15, 0.2) is 33.9 Å². The fourth-order valence-corrected chi connectivity index (χ4v) is 5.07. The van der Waals surface area contributed by atoms with Crippen LogP contribution >= 0.6 is 0 Å². The number of hydrogen-bond acceptors (Lipinski definition) is 6. The van der Waals surface area contributed by atoms with Gasteiger partial charge in [-0.1, -0.05) is 38.2 Å². The van der Waals surface area contributed by atoms with Crippen LogP contribution in [0.1, 0.15) is 70.8 Å². The van der Waals surface area contributed by atoms with Gasteiger partial charge in [-0.05, 0) is 44.7 Å². The van der Waals surface area contributed by atoms with E-state index >= 15 is 4.39 Å². The number of rotatable bonds is 8. The smallest absolute Gasteiger partial charge is 0.350 e. The molecule has 0 amide bonds. The van der Waals surface area contributed by atoms with Crippen LogP contribution in [-0.4, -0.2) is 34.4 Å². The summed E-state index contributed by atoms with van der Waals surface area (Å²) < 4.78 is 22.5. The molecule has 2 N–H and O–H groups in total. The van der Waals surface area contributed by atoms with Crippen LogP contribution in [-0.2, 0) is 9.53 Å². The lowest BCUT2D eigenvalue weighted by molar-refractivity contribution is -0.137. The summed E-state index contributed by atoms with van der Waals surface area (Å²) >= 11 is 0. The highest BCUT2D eigenvalue weighted by molar-refractivity contribution is 5.83. The normalized spacial score (nSPS) is 17.5. The summed E-state index contributed by atoms with van der Waals surface area (Å²) in [5.41, 5.74) is 2.48. The molecule has 4 rings (SSSR count). The van der Waals surface area contributed by atoms with E-state index in [2.05, 4.69) is 10.7 Å². The number of carbonyl (C=O) groups is 1. The molecule has 1 aromatic carbocycles. The van der Waals surface area contributed by atoms with E-state index < -0.39 is 23.0 Å². The SMILES string of the molecule is CCOC(=O)C=CCNn1c(=O)c2cc(F)c(NC3CCCCC3)cc2n(C2CCCC2)c1=O. The van der Waals surface area contributed by atoms with Gasteiger partial charge in [0.25, 0.3) is 5.56 Å². The van der Waals surface area contributed by atoms with Gasteiger partial charge in [-0.15, -0.1) is 0 Å². The van der Waals surface area contributed by atoms with Crippen LogP contribution in [0.25, 0.3) is 10.9 Å². The van der Waals surface area contributed by atoms with Gasteiger partial charge >= 0.3 is 11.7 Å². The number of aromatic nitrogens is 2. The fourth-order valence-electron chi connectivity index (χ4n) is 5.07. The zero-order chi connectivity index (χ0) is 24.1. The lowest BCUT2D eigenvalue weighted by Crippen LogP contribution is -2.46. The number of fused-ring (bicyclic) bond motifs is 1. The molecular weight excluding hydrogens is 439 g/mol. The predicted octanol–water partition coefficient (Wildman–Crippen LogP) is 3.82. The molecule has 0 atom stereocenters. The van der Waals surface area contributed by atoms with Crippen LogP contribution < -0.4 is 22.0 Å². The number of halogens is 1. The van der Waals surface area contributed by atoms with E-state index in [0.29, 0.717) is 11.2 Å². The molecular formula is C25H33FN4O4. The average molecular weight is 473 g/mol. The van der Waals surface area contributed by atoms with Crippen molar-refractivity contribution in [3.8, 4) is 0 Å². The van der Waals surface area contributed by atoms with Gasteiger partial charge in [0.05, 0.1) is 29.7 Å². The minimum Gasteiger partial charge on any atom is -0.463 e. The number of benzene rings is 1. The van der Waals surface area contributed by atoms with Crippen LogP contribution in [0, 0.1) is 5.82 Å². The van der Waals surface area contributed by atoms with Crippen molar-refractivity contribution in [3.05, 3.63) is 50.9 Å². The fraction of sp³-hybridized carbons (Fsp3) is 0.560. The summed E-state index contributed by atoms with van der Waals surface area (Å²) in [6, 6.07) is 3.01. The van der Waals surface area contributed by atoms with Gasteiger partial charge in [0.1, 0.15) is 5.82 Å². The summed E-state index contributed by atoms with van der Waals surface area (Å²) in [7, 11) is 0. The minimum absolute atomic E-state index is 0.0493. The van der Waals surface area contributed by atoms with Crippen molar-refractivity contribution in [3.63, 3.8) is 0 Å². The zero-order valence-corrected chi connectivity index (χ0v) is 19.6. The quantitative estimate of drug-likeness (QED) is 0.448. The van der Waals surface area contributed by atoms with Crippen LogP contribution in [0.2, 0.25) is 0 Å². The van der Waals surface area contributed by atoms with Crippen molar-refractivity contribution in [1.82, 2.24) is 9.24 Å². The number of nitrogens with one attached hydrogen (secondary N) is 2. The number of carbonyl (C=O) groups excluding carboxylic acids is 1. The third-order valence-electron chi connectivity index (χ3n) is 6.74. The molecule has 1 aromatic heterocycles. The van der Waals surface area contributed by atoms with Gasteiger partial charge in [-0.3, -0.25) is 9.36 Å². The lowest BCUT2D eigenvalue weighted by Gasteiger charge is -2.25. The first-order valence-electron chi connectivity index (χ1n) is 12.3. The number of ether oxygens (including phenoxy) is 1. The maximum Gasteiger partial charge on any atom is 0.350 e. The second-order valence-electron chi connectivity index (χ2n) is 9.08. The topological polar surface area (TPSA) is 94.4 Å². The summed E-state index contributed by atoms with van der Waals surface area (Å²) in [4.78, 5) is 38.1. The maximum absolute atomic E-state index is 15.1. The molecule has 0 spiro atoms. The Morgan fingerprint density at radius 2 is 1.82 bits per heavy atom. The Morgan fingerprint density at radius 1 is 1.12 bits per heavy atom. The molecule has 2 fully saturated rings. The van der Waals surface area contributed by atoms with Crippen molar-refractivity contribution >= 4 is 22.6 Å². The Bertz CT molecular complexity index is 1170. The summed E-state index contributed by atoms with van der Waals surface area (Å²) in [6.07, 6.45) is 11.8. The Kier molecular flexibility index (Phi) is 7.70. The molecule has 2 aliphatic carbocycles. The molecule has 184 valence electrons. The van der Waals surface area contributed by atoms with E-state index in [4.69, 9.17) is 4.74 Å². The molecule has 2 aliphatic rings. The third-order valence-corrected chi connectivity index (χ3v) is 6.74. The Labute approximate surface area is 197 Å². The minimum atomic E-state index is -0.609. The molecule has 0 aliphatic heterocycles. The van der Waals surface area contributed by atoms with E-state index in [1.807, 2.05) is 0 Å². The first-order chi connectivity index (χ1) is 16.5. The molecule has 8 nitrogen and oxygen atoms in total. The van der Waals surface area contributed by atoms with Gasteiger partial charge in [-0.25, -0.2) is 14.0 Å². The third kappa shape index (κ3) is 5.18. The summed E-state index contributed by atoms with van der Waals surface area (Å²) in [5, 5.41) is 3.46. The van der Waals surface area contributed by atoms with Crippen LogP contribution in [0.3, 0.4) is 0 Å². The Hall–Kier alpha value is -3.10. The zero-order valence-electron chi connectivity index (χ0n) is 19.6. The summed E-state index contributed by atoms with van der Waals surface area (Å²) in [5.74, 6) is -1.00. The second kappa shape index (κ2) is 10.9. The number of esters is 1. The monoisotopic (exact) mass is 472 g/mol. The molecule has 9 heteroatoms. The first-order valence-corrected chi connectivity index (χ1v) is 12.3. The van der Waals surface area contributed by atoms with Crippen LogP contribution in [0.4, 0.5) is 10.1 Å². The van der Waals surface area contributed by atoms with E-state index in [9.17, 15) is 14.4 Å². The van der Waals surface area contributed by atoms with E-state index in [1.54, 1.807) is 17.6 Å². The van der Waals surface area contributed by atoms with E-state index in [0.717, 1.165) is 56.0 Å². The first kappa shape index (κ1) is 24.0. The van der Waals surface area contributed by atoms with Crippen molar-refractivity contribution in [2.24, 2.45) is 0 Å². The van der Waals surface area contributed by atoms with Crippen LogP contribution in [0.5, 0.6) is 0 Å². The molecule has 0 radical (unpaired) electrons. The largest absolute Gasteiger partial charge is 0.463 e. The highest BCUT2D eigenvalue weighted by Crippen LogP contribution is 2.32. The second-order valence-corrected chi connectivity index (χ2v) is 9.08. The molecule has 0 saturated heterocycles. The van der Waals surface area contributed by atoms with Crippen molar-refractivity contribution in [2.45, 2.75) is 76.8 Å². The van der Waals surface area contributed by atoms with Gasteiger partial charge in [-0.2, -0.15) is 4.68 Å². The van der Waals surface area contributed by atoms with Crippen molar-refractivity contribution in [1.29, 1.82) is 0 Å². The van der Waals surface area contributed by atoms with Crippen molar-refractivity contribution < 1.29 is 13.9 Å². The van der Waals surface area contributed by atoms with E-state index in [1.165, 1.54) is 24.6 Å². The highest BCUT2D eigenvalue weighted by Gasteiger charge is 2.25. The van der Waals surface area contributed by atoms with Gasteiger partial charge in [0.15, 0.2) is 0 Å². The molecule has 34 heavy (non-hydrogen) atoms. The standard InChI is InChI=1S/C25H33FN4O4/c1-2-34-23(31)13-8-14-27-30-24(32)19-15-20(26)21(28-17-9-4-3-5-10-17)16-22(19)29(25(30)33)18-11-6-7-12-18/h8,13,15-18,27-28H,2-7,9-12,14H2,1H3. The molecule has 2 aromatic rings. The predicted molar refractivity (Wildman–Crippen MR) is 130 cm³/mol. The van der Waals surface area contributed by atoms with E-state index in [-0.39, 0.29) is 30.6 Å². The number of hydrogen-bond donors (Lipinski definition) is 2. The molecule has 1 heterocycles. The Balaban J connectivity index is 1.72. The van der Waals surface area contributed by atoms with Gasteiger partial charge in [0.2, 0.25) is 0 Å². The summed E-state index contributed by atoms with van der Waals surface area (Å²) in [6.45, 7) is 2.03. The Morgan fingerprint density at radius 3 is 2.53 bits per heavy atom. The highest BCUT2D eigenvalue weighted by atomic mass is 19.1. The number of anilines is 1. The average Bonchev–Trinajstić information content (AvgIpc) is 3.35. The van der Waals surface area contributed by atoms with Crippen molar-refractivity contribution in [2.75, 3.05) is 23.9 Å². The van der Waals surface area contributed by atoms with Gasteiger partial charge < -0.3 is 15.5 Å². The van der Waals surface area contributed by atoms with Gasteiger partial charge in [0, 0.05) is 18.2 Å². The molecule has 0 unspecified atom stereocenters.